The molecule has 194 valence electrons. The maximum atomic E-state index is 12.2. The lowest BCUT2D eigenvalue weighted by molar-refractivity contribution is -0.146. The Morgan fingerprint density at radius 3 is 2.19 bits per heavy atom. The number of anilines is 1. The largest absolute Gasteiger partial charge is 0.465 e. The molecule has 0 saturated heterocycles. The lowest BCUT2D eigenvalue weighted by Crippen LogP contribution is -2.41. The van der Waals surface area contributed by atoms with Crippen molar-refractivity contribution in [3.63, 3.8) is 0 Å². The molecule has 0 spiro atoms. The lowest BCUT2D eigenvalue weighted by Gasteiger charge is -2.24. The number of nitrogens with one attached hydrogen (secondary N) is 1. The first kappa shape index (κ1) is 28.4. The standard InChI is InChI=1S/C27H34N2O7/c1-5-34-25(32)17-29(16-20-9-7-6-8-10-20)23-13-11-21(12-14-23)19-35-24(31)15-22(18-30)28-26(33)36-27(2,3)4/h6-14,18,22H,5,15-17,19H2,1-4H3,(H,28,33)/t22-/m0/s1. The number of ether oxygens (including phenoxy) is 3. The van der Waals surface area contributed by atoms with Crippen molar-refractivity contribution in [1.29, 1.82) is 0 Å². The van der Waals surface area contributed by atoms with Crippen molar-refractivity contribution in [2.24, 2.45) is 0 Å². The molecule has 0 heterocycles. The number of esters is 2. The molecule has 0 radical (unpaired) electrons. The molecule has 0 aliphatic rings. The fourth-order valence-electron chi connectivity index (χ4n) is 3.20. The van der Waals surface area contributed by atoms with Crippen LogP contribution in [0.2, 0.25) is 0 Å². The van der Waals surface area contributed by atoms with Crippen LogP contribution in [0.3, 0.4) is 0 Å². The maximum absolute atomic E-state index is 12.2. The number of nitrogens with zero attached hydrogens (tertiary/aromatic N) is 1. The number of hydrogen-bond acceptors (Lipinski definition) is 8. The topological polar surface area (TPSA) is 111 Å². The Bertz CT molecular complexity index is 1000. The lowest BCUT2D eigenvalue weighted by atomic mass is 10.1. The molecule has 2 aromatic rings. The number of hydrogen-bond donors (Lipinski definition) is 1. The summed E-state index contributed by atoms with van der Waals surface area (Å²) in [6.07, 6.45) is -0.637. The van der Waals surface area contributed by atoms with E-state index in [0.29, 0.717) is 19.4 Å². The summed E-state index contributed by atoms with van der Waals surface area (Å²) in [4.78, 5) is 49.3. The fourth-order valence-corrected chi connectivity index (χ4v) is 3.20. The third kappa shape index (κ3) is 10.6. The van der Waals surface area contributed by atoms with Crippen LogP contribution in [-0.4, -0.2) is 49.1 Å². The van der Waals surface area contributed by atoms with E-state index in [2.05, 4.69) is 5.32 Å². The molecule has 0 unspecified atom stereocenters. The highest BCUT2D eigenvalue weighted by Crippen LogP contribution is 2.19. The summed E-state index contributed by atoms with van der Waals surface area (Å²) in [6.45, 7) is 7.76. The van der Waals surface area contributed by atoms with Gasteiger partial charge in [0.15, 0.2) is 0 Å². The first-order valence-electron chi connectivity index (χ1n) is 11.7. The normalized spacial score (nSPS) is 11.7. The Balaban J connectivity index is 1.95. The Labute approximate surface area is 211 Å². The molecule has 0 aliphatic carbocycles. The number of carbonyl (C=O) groups excluding carboxylic acids is 4. The molecule has 0 bridgehead atoms. The highest BCUT2D eigenvalue weighted by Gasteiger charge is 2.21. The number of rotatable bonds is 12. The Morgan fingerprint density at radius 1 is 0.944 bits per heavy atom. The van der Waals surface area contributed by atoms with Crippen LogP contribution < -0.4 is 10.2 Å². The van der Waals surface area contributed by atoms with Gasteiger partial charge in [-0.05, 0) is 51.0 Å². The van der Waals surface area contributed by atoms with Gasteiger partial charge in [0, 0.05) is 12.2 Å². The van der Waals surface area contributed by atoms with Crippen LogP contribution in [0.15, 0.2) is 54.6 Å². The number of alkyl carbamates (subject to hydrolysis) is 1. The van der Waals surface area contributed by atoms with E-state index < -0.39 is 23.7 Å². The average Bonchev–Trinajstić information content (AvgIpc) is 2.82. The summed E-state index contributed by atoms with van der Waals surface area (Å²) in [6, 6.07) is 16.0. The van der Waals surface area contributed by atoms with Gasteiger partial charge in [0.2, 0.25) is 0 Å². The van der Waals surface area contributed by atoms with E-state index in [1.54, 1.807) is 39.8 Å². The molecule has 1 N–H and O–H groups in total. The molecule has 1 atom stereocenters. The Kier molecular flexibility index (Phi) is 10.9. The Morgan fingerprint density at radius 2 is 1.61 bits per heavy atom. The van der Waals surface area contributed by atoms with E-state index in [4.69, 9.17) is 14.2 Å². The molecule has 2 aromatic carbocycles. The SMILES string of the molecule is CCOC(=O)CN(Cc1ccccc1)c1ccc(COC(=O)C[C@@H](C=O)NC(=O)OC(C)(C)C)cc1. The second-order valence-electron chi connectivity index (χ2n) is 9.07. The van der Waals surface area contributed by atoms with E-state index >= 15 is 0 Å². The van der Waals surface area contributed by atoms with Crippen molar-refractivity contribution in [3.05, 3.63) is 65.7 Å². The summed E-state index contributed by atoms with van der Waals surface area (Å²) in [7, 11) is 0. The van der Waals surface area contributed by atoms with Crippen molar-refractivity contribution in [3.8, 4) is 0 Å². The van der Waals surface area contributed by atoms with E-state index in [-0.39, 0.29) is 25.5 Å². The minimum Gasteiger partial charge on any atom is -0.465 e. The molecule has 36 heavy (non-hydrogen) atoms. The third-order valence-corrected chi connectivity index (χ3v) is 4.80. The van der Waals surface area contributed by atoms with Crippen LogP contribution in [0, 0.1) is 0 Å². The molecule has 1 amide bonds. The number of amides is 1. The second kappa shape index (κ2) is 13.9. The first-order valence-corrected chi connectivity index (χ1v) is 11.7. The van der Waals surface area contributed by atoms with Gasteiger partial charge in [-0.25, -0.2) is 4.79 Å². The zero-order valence-corrected chi connectivity index (χ0v) is 21.2. The van der Waals surface area contributed by atoms with E-state index in [1.807, 2.05) is 47.4 Å². The van der Waals surface area contributed by atoms with Crippen molar-refractivity contribution in [1.82, 2.24) is 5.32 Å². The van der Waals surface area contributed by atoms with Crippen molar-refractivity contribution >= 4 is 30.0 Å². The van der Waals surface area contributed by atoms with Crippen LogP contribution in [0.5, 0.6) is 0 Å². The van der Waals surface area contributed by atoms with Gasteiger partial charge in [-0.15, -0.1) is 0 Å². The molecule has 9 nitrogen and oxygen atoms in total. The van der Waals surface area contributed by atoms with Crippen molar-refractivity contribution < 1.29 is 33.4 Å². The van der Waals surface area contributed by atoms with Crippen molar-refractivity contribution in [2.45, 2.75) is 58.9 Å². The molecular formula is C27H34N2O7. The highest BCUT2D eigenvalue weighted by atomic mass is 16.6. The van der Waals surface area contributed by atoms with Crippen LogP contribution in [-0.2, 0) is 41.7 Å². The predicted molar refractivity (Wildman–Crippen MR) is 134 cm³/mol. The molecule has 0 aromatic heterocycles. The number of benzene rings is 2. The summed E-state index contributed by atoms with van der Waals surface area (Å²) >= 11 is 0. The second-order valence-corrected chi connectivity index (χ2v) is 9.07. The fraction of sp³-hybridized carbons (Fsp3) is 0.407. The molecule has 9 heteroatoms. The molecule has 0 saturated carbocycles. The van der Waals surface area contributed by atoms with Crippen molar-refractivity contribution in [2.75, 3.05) is 18.1 Å². The van der Waals surface area contributed by atoms with Gasteiger partial charge in [-0.1, -0.05) is 42.5 Å². The summed E-state index contributed by atoms with van der Waals surface area (Å²) < 4.78 is 15.5. The van der Waals surface area contributed by atoms with Gasteiger partial charge in [0.25, 0.3) is 0 Å². The third-order valence-electron chi connectivity index (χ3n) is 4.80. The van der Waals surface area contributed by atoms with Gasteiger partial charge in [0.05, 0.1) is 19.1 Å². The van der Waals surface area contributed by atoms with Gasteiger partial charge in [0.1, 0.15) is 25.0 Å². The van der Waals surface area contributed by atoms with Gasteiger partial charge < -0.3 is 29.2 Å². The maximum Gasteiger partial charge on any atom is 0.408 e. The van der Waals surface area contributed by atoms with E-state index in [9.17, 15) is 19.2 Å². The van der Waals surface area contributed by atoms with Crippen LogP contribution in [0.4, 0.5) is 10.5 Å². The molecular weight excluding hydrogens is 464 g/mol. The Hall–Kier alpha value is -3.88. The minimum atomic E-state index is -1.05. The van der Waals surface area contributed by atoms with Crippen LogP contribution >= 0.6 is 0 Å². The predicted octanol–water partition coefficient (Wildman–Crippen LogP) is 3.78. The molecule has 0 aliphatic heterocycles. The summed E-state index contributed by atoms with van der Waals surface area (Å²) in [5.41, 5.74) is 1.86. The number of aldehydes is 1. The molecule has 0 fully saturated rings. The van der Waals surface area contributed by atoms with Gasteiger partial charge in [-0.2, -0.15) is 0 Å². The molecule has 2 rings (SSSR count). The highest BCUT2D eigenvalue weighted by molar-refractivity contribution is 5.79. The zero-order valence-electron chi connectivity index (χ0n) is 21.2. The van der Waals surface area contributed by atoms with Gasteiger partial charge >= 0.3 is 18.0 Å². The summed E-state index contributed by atoms with van der Waals surface area (Å²) in [5.74, 6) is -0.962. The van der Waals surface area contributed by atoms with E-state index in [1.165, 1.54) is 0 Å². The quantitative estimate of drug-likeness (QED) is 0.267. The first-order chi connectivity index (χ1) is 17.1. The smallest absolute Gasteiger partial charge is 0.408 e. The van der Waals surface area contributed by atoms with E-state index in [0.717, 1.165) is 16.8 Å². The zero-order chi connectivity index (χ0) is 26.6. The minimum absolute atomic E-state index is 0.00626. The van der Waals surface area contributed by atoms with Gasteiger partial charge in [-0.3, -0.25) is 9.59 Å². The van der Waals surface area contributed by atoms with Crippen LogP contribution in [0.1, 0.15) is 45.2 Å². The summed E-state index contributed by atoms with van der Waals surface area (Å²) in [5, 5.41) is 2.34. The number of carbonyl (C=O) groups is 4. The average molecular weight is 499 g/mol. The monoisotopic (exact) mass is 498 g/mol. The van der Waals surface area contributed by atoms with Crippen LogP contribution in [0.25, 0.3) is 0 Å².